The molecule has 0 saturated carbocycles. The lowest BCUT2D eigenvalue weighted by Gasteiger charge is -2.36. The minimum absolute atomic E-state index is 0.00900. The molecule has 1 aliphatic heterocycles. The highest BCUT2D eigenvalue weighted by molar-refractivity contribution is 5.94. The standard InChI is InChI=1S/C21H34N4O2/c1-6-24(7-2)21(27)25-13-11-23(12-14-25)15-19(26)22-20-17(5)9-8-10-18(20)16(3)4/h8-10,16H,6-7,11-15H2,1-5H3,(H,22,26). The summed E-state index contributed by atoms with van der Waals surface area (Å²) in [5, 5.41) is 3.11. The number of rotatable bonds is 6. The summed E-state index contributed by atoms with van der Waals surface area (Å²) in [6.45, 7) is 14.9. The predicted molar refractivity (Wildman–Crippen MR) is 110 cm³/mol. The van der Waals surface area contributed by atoms with Crippen LogP contribution in [0, 0.1) is 6.92 Å². The first-order valence-corrected chi connectivity index (χ1v) is 10.0. The summed E-state index contributed by atoms with van der Waals surface area (Å²) in [7, 11) is 0. The Bertz CT molecular complexity index is 648. The average Bonchev–Trinajstić information content (AvgIpc) is 2.64. The Balaban J connectivity index is 1.89. The second-order valence-electron chi connectivity index (χ2n) is 7.46. The van der Waals surface area contributed by atoms with Gasteiger partial charge in [-0.25, -0.2) is 4.79 Å². The van der Waals surface area contributed by atoms with E-state index in [1.807, 2.05) is 42.7 Å². The van der Waals surface area contributed by atoms with Crippen LogP contribution < -0.4 is 5.32 Å². The zero-order valence-corrected chi connectivity index (χ0v) is 17.4. The highest BCUT2D eigenvalue weighted by atomic mass is 16.2. The van der Waals surface area contributed by atoms with Crippen molar-refractivity contribution in [3.8, 4) is 0 Å². The molecule has 1 fully saturated rings. The van der Waals surface area contributed by atoms with E-state index in [9.17, 15) is 9.59 Å². The third-order valence-electron chi connectivity index (χ3n) is 5.24. The molecule has 1 aromatic carbocycles. The van der Waals surface area contributed by atoms with Gasteiger partial charge in [0, 0.05) is 45.0 Å². The Morgan fingerprint density at radius 3 is 2.30 bits per heavy atom. The molecule has 6 heteroatoms. The normalized spacial score (nSPS) is 15.1. The lowest BCUT2D eigenvalue weighted by molar-refractivity contribution is -0.117. The predicted octanol–water partition coefficient (Wildman–Crippen LogP) is 3.14. The summed E-state index contributed by atoms with van der Waals surface area (Å²) in [6, 6.07) is 6.24. The van der Waals surface area contributed by atoms with Gasteiger partial charge in [0.25, 0.3) is 0 Å². The maximum Gasteiger partial charge on any atom is 0.320 e. The SMILES string of the molecule is CCN(CC)C(=O)N1CCN(CC(=O)Nc2c(C)cccc2C(C)C)CC1. The molecule has 150 valence electrons. The zero-order chi connectivity index (χ0) is 20.0. The first-order chi connectivity index (χ1) is 12.9. The molecule has 0 aromatic heterocycles. The molecule has 0 bridgehead atoms. The fourth-order valence-corrected chi connectivity index (χ4v) is 3.52. The van der Waals surface area contributed by atoms with Crippen molar-refractivity contribution in [3.05, 3.63) is 29.3 Å². The van der Waals surface area contributed by atoms with Crippen LogP contribution in [0.25, 0.3) is 0 Å². The van der Waals surface area contributed by atoms with Crippen molar-refractivity contribution >= 4 is 17.6 Å². The Kier molecular flexibility index (Phi) is 7.66. The highest BCUT2D eigenvalue weighted by Gasteiger charge is 2.25. The zero-order valence-electron chi connectivity index (χ0n) is 17.4. The third kappa shape index (κ3) is 5.45. The van der Waals surface area contributed by atoms with Crippen LogP contribution in [-0.2, 0) is 4.79 Å². The van der Waals surface area contributed by atoms with Crippen LogP contribution in [0.3, 0.4) is 0 Å². The van der Waals surface area contributed by atoms with Crippen molar-refractivity contribution in [2.24, 2.45) is 0 Å². The molecule has 0 radical (unpaired) electrons. The third-order valence-corrected chi connectivity index (χ3v) is 5.24. The quantitative estimate of drug-likeness (QED) is 0.832. The molecule has 3 amide bonds. The van der Waals surface area contributed by atoms with E-state index in [1.165, 1.54) is 0 Å². The number of aryl methyl sites for hydroxylation is 1. The molecule has 0 unspecified atom stereocenters. The number of benzene rings is 1. The van der Waals surface area contributed by atoms with E-state index in [0.29, 0.717) is 25.6 Å². The maximum atomic E-state index is 12.6. The number of nitrogens with one attached hydrogen (secondary N) is 1. The van der Waals surface area contributed by atoms with Crippen molar-refractivity contribution in [1.29, 1.82) is 0 Å². The number of hydrogen-bond donors (Lipinski definition) is 1. The number of para-hydroxylation sites is 1. The van der Waals surface area contributed by atoms with Gasteiger partial charge in [-0.15, -0.1) is 0 Å². The molecule has 1 saturated heterocycles. The lowest BCUT2D eigenvalue weighted by Crippen LogP contribution is -2.53. The van der Waals surface area contributed by atoms with Gasteiger partial charge in [0.1, 0.15) is 0 Å². The largest absolute Gasteiger partial charge is 0.325 e. The Morgan fingerprint density at radius 2 is 1.74 bits per heavy atom. The van der Waals surface area contributed by atoms with Crippen LogP contribution in [0.4, 0.5) is 10.5 Å². The molecular formula is C21H34N4O2. The number of anilines is 1. The maximum absolute atomic E-state index is 12.6. The summed E-state index contributed by atoms with van der Waals surface area (Å²) >= 11 is 0. The Morgan fingerprint density at radius 1 is 1.11 bits per heavy atom. The van der Waals surface area contributed by atoms with Crippen molar-refractivity contribution < 1.29 is 9.59 Å². The van der Waals surface area contributed by atoms with Gasteiger partial charge in [-0.05, 0) is 37.8 Å². The van der Waals surface area contributed by atoms with E-state index in [0.717, 1.165) is 43.0 Å². The van der Waals surface area contributed by atoms with Gasteiger partial charge in [0.2, 0.25) is 5.91 Å². The van der Waals surface area contributed by atoms with Gasteiger partial charge in [-0.2, -0.15) is 0 Å². The molecule has 6 nitrogen and oxygen atoms in total. The van der Waals surface area contributed by atoms with Crippen LogP contribution in [-0.4, -0.2) is 72.5 Å². The van der Waals surface area contributed by atoms with E-state index >= 15 is 0 Å². The van der Waals surface area contributed by atoms with Crippen LogP contribution in [0.1, 0.15) is 44.7 Å². The second kappa shape index (κ2) is 9.74. The Labute approximate surface area is 163 Å². The van der Waals surface area contributed by atoms with E-state index in [1.54, 1.807) is 0 Å². The van der Waals surface area contributed by atoms with Crippen LogP contribution in [0.15, 0.2) is 18.2 Å². The van der Waals surface area contributed by atoms with Crippen LogP contribution >= 0.6 is 0 Å². The van der Waals surface area contributed by atoms with Crippen molar-refractivity contribution in [2.45, 2.75) is 40.5 Å². The van der Waals surface area contributed by atoms with Gasteiger partial charge in [-0.3, -0.25) is 9.69 Å². The number of urea groups is 1. The minimum atomic E-state index is 0.00900. The number of hydrogen-bond acceptors (Lipinski definition) is 3. The summed E-state index contributed by atoms with van der Waals surface area (Å²) in [6.07, 6.45) is 0. The fourth-order valence-electron chi connectivity index (χ4n) is 3.52. The number of amides is 3. The van der Waals surface area contributed by atoms with Crippen LogP contribution in [0.5, 0.6) is 0 Å². The monoisotopic (exact) mass is 374 g/mol. The number of nitrogens with zero attached hydrogens (tertiary/aromatic N) is 3. The summed E-state index contributed by atoms with van der Waals surface area (Å²) in [5.41, 5.74) is 3.19. The highest BCUT2D eigenvalue weighted by Crippen LogP contribution is 2.27. The summed E-state index contributed by atoms with van der Waals surface area (Å²) in [4.78, 5) is 30.9. The molecule has 2 rings (SSSR count). The first-order valence-electron chi connectivity index (χ1n) is 10.0. The molecule has 1 heterocycles. The van der Waals surface area contributed by atoms with Crippen molar-refractivity contribution in [2.75, 3.05) is 51.1 Å². The van der Waals surface area contributed by atoms with Gasteiger partial charge in [0.05, 0.1) is 6.54 Å². The van der Waals surface area contributed by atoms with E-state index in [4.69, 9.17) is 0 Å². The van der Waals surface area contributed by atoms with Gasteiger partial charge in [-0.1, -0.05) is 32.0 Å². The van der Waals surface area contributed by atoms with Gasteiger partial charge >= 0.3 is 6.03 Å². The molecule has 1 aliphatic rings. The molecular weight excluding hydrogens is 340 g/mol. The van der Waals surface area contributed by atoms with E-state index < -0.39 is 0 Å². The second-order valence-corrected chi connectivity index (χ2v) is 7.46. The summed E-state index contributed by atoms with van der Waals surface area (Å²) < 4.78 is 0. The molecule has 0 atom stereocenters. The molecule has 0 spiro atoms. The smallest absolute Gasteiger partial charge is 0.320 e. The van der Waals surface area contributed by atoms with E-state index in [2.05, 4.69) is 30.1 Å². The van der Waals surface area contributed by atoms with Crippen LogP contribution in [0.2, 0.25) is 0 Å². The van der Waals surface area contributed by atoms with E-state index in [-0.39, 0.29) is 11.9 Å². The number of piperazine rings is 1. The minimum Gasteiger partial charge on any atom is -0.325 e. The van der Waals surface area contributed by atoms with Crippen molar-refractivity contribution in [3.63, 3.8) is 0 Å². The fraction of sp³-hybridized carbons (Fsp3) is 0.619. The van der Waals surface area contributed by atoms with Gasteiger partial charge in [0.15, 0.2) is 0 Å². The average molecular weight is 375 g/mol. The molecule has 1 aromatic rings. The first kappa shape index (κ1) is 21.2. The topological polar surface area (TPSA) is 55.9 Å². The molecule has 0 aliphatic carbocycles. The van der Waals surface area contributed by atoms with Gasteiger partial charge < -0.3 is 15.1 Å². The van der Waals surface area contributed by atoms with Crippen molar-refractivity contribution in [1.82, 2.24) is 14.7 Å². The number of carbonyl (C=O) groups excluding carboxylic acids is 2. The number of carbonyl (C=O) groups is 2. The summed E-state index contributed by atoms with van der Waals surface area (Å²) in [5.74, 6) is 0.365. The lowest BCUT2D eigenvalue weighted by atomic mass is 9.98. The molecule has 1 N–H and O–H groups in total. The Hall–Kier alpha value is -2.08. The molecule has 27 heavy (non-hydrogen) atoms.